The molecule has 0 aliphatic rings. The second kappa shape index (κ2) is 8.01. The van der Waals surface area contributed by atoms with E-state index in [-0.39, 0.29) is 11.7 Å². The van der Waals surface area contributed by atoms with E-state index in [9.17, 15) is 14.3 Å². The molecule has 1 N–H and O–H groups in total. The number of hydrogen-bond donors (Lipinski definition) is 1. The number of benzene rings is 1. The van der Waals surface area contributed by atoms with Crippen LogP contribution in [0.15, 0.2) is 29.2 Å². The Kier molecular flexibility index (Phi) is 6.66. The van der Waals surface area contributed by atoms with E-state index < -0.39 is 15.7 Å². The molecule has 0 aromatic heterocycles. The molecule has 2 atom stereocenters. The first kappa shape index (κ1) is 15.8. The molecule has 0 saturated heterocycles. The average molecular weight is 284 g/mol. The van der Waals surface area contributed by atoms with Crippen molar-refractivity contribution < 1.29 is 9.13 Å². The summed E-state index contributed by atoms with van der Waals surface area (Å²) in [5.41, 5.74) is -0.0602. The van der Waals surface area contributed by atoms with Crippen molar-refractivity contribution in [2.45, 2.75) is 37.6 Å². The van der Waals surface area contributed by atoms with Crippen LogP contribution < -0.4 is 5.32 Å². The summed E-state index contributed by atoms with van der Waals surface area (Å²) < 4.78 is 12.1. The largest absolute Gasteiger partial charge is 0.314 e. The molecule has 0 fully saturated rings. The SMILES string of the molecule is CCCNC(C)CCS(=O)c1ccccc1[N+](=O)[O-]. The highest BCUT2D eigenvalue weighted by Crippen LogP contribution is 2.22. The lowest BCUT2D eigenvalue weighted by atomic mass is 10.2. The monoisotopic (exact) mass is 284 g/mol. The Hall–Kier alpha value is -1.27. The van der Waals surface area contributed by atoms with E-state index in [1.54, 1.807) is 18.2 Å². The van der Waals surface area contributed by atoms with Gasteiger partial charge in [0.25, 0.3) is 5.69 Å². The van der Waals surface area contributed by atoms with Crippen molar-refractivity contribution >= 4 is 16.5 Å². The zero-order valence-corrected chi connectivity index (χ0v) is 12.1. The van der Waals surface area contributed by atoms with Crippen molar-refractivity contribution in [1.82, 2.24) is 5.32 Å². The third-order valence-corrected chi connectivity index (χ3v) is 4.23. The van der Waals surface area contributed by atoms with Crippen LogP contribution in [0.1, 0.15) is 26.7 Å². The third-order valence-electron chi connectivity index (χ3n) is 2.79. The van der Waals surface area contributed by atoms with E-state index in [4.69, 9.17) is 0 Å². The summed E-state index contributed by atoms with van der Waals surface area (Å²) in [5, 5.41) is 14.2. The van der Waals surface area contributed by atoms with Gasteiger partial charge in [-0.05, 0) is 32.4 Å². The first-order chi connectivity index (χ1) is 9.06. The number of nitrogens with zero attached hydrogens (tertiary/aromatic N) is 1. The zero-order valence-electron chi connectivity index (χ0n) is 11.3. The van der Waals surface area contributed by atoms with Gasteiger partial charge in [0, 0.05) is 17.9 Å². The molecule has 0 amide bonds. The van der Waals surface area contributed by atoms with Gasteiger partial charge in [-0.2, -0.15) is 0 Å². The van der Waals surface area contributed by atoms with Crippen LogP contribution in [0.3, 0.4) is 0 Å². The Bertz CT molecular complexity index is 451. The minimum absolute atomic E-state index is 0.0602. The van der Waals surface area contributed by atoms with Gasteiger partial charge >= 0.3 is 0 Å². The maximum absolute atomic E-state index is 12.1. The maximum Gasteiger partial charge on any atom is 0.285 e. The van der Waals surface area contributed by atoms with Gasteiger partial charge in [0.2, 0.25) is 0 Å². The van der Waals surface area contributed by atoms with Crippen LogP contribution in [0.2, 0.25) is 0 Å². The summed E-state index contributed by atoms with van der Waals surface area (Å²) in [7, 11) is -1.32. The fourth-order valence-electron chi connectivity index (χ4n) is 1.69. The maximum atomic E-state index is 12.1. The molecule has 0 bridgehead atoms. The zero-order chi connectivity index (χ0) is 14.3. The minimum Gasteiger partial charge on any atom is -0.314 e. The summed E-state index contributed by atoms with van der Waals surface area (Å²) >= 11 is 0. The number of nitrogens with one attached hydrogen (secondary N) is 1. The van der Waals surface area contributed by atoms with Crippen molar-refractivity contribution in [3.8, 4) is 0 Å². The van der Waals surface area contributed by atoms with E-state index in [0.29, 0.717) is 10.6 Å². The van der Waals surface area contributed by atoms with E-state index in [0.717, 1.165) is 19.4 Å². The summed E-state index contributed by atoms with van der Waals surface area (Å²) in [6.07, 6.45) is 1.79. The van der Waals surface area contributed by atoms with Gasteiger partial charge < -0.3 is 5.32 Å². The van der Waals surface area contributed by atoms with E-state index in [1.807, 2.05) is 6.92 Å². The highest BCUT2D eigenvalue weighted by Gasteiger charge is 2.18. The molecule has 1 rings (SSSR count). The van der Waals surface area contributed by atoms with Crippen LogP contribution >= 0.6 is 0 Å². The van der Waals surface area contributed by atoms with Crippen molar-refractivity contribution in [2.75, 3.05) is 12.3 Å². The Balaban J connectivity index is 2.61. The Morgan fingerprint density at radius 2 is 2.11 bits per heavy atom. The predicted octanol–water partition coefficient (Wildman–Crippen LogP) is 2.48. The standard InChI is InChI=1S/C13H20N2O3S/c1-3-9-14-11(2)8-10-19(18)13-7-5-4-6-12(13)15(16)17/h4-7,11,14H,3,8-10H2,1-2H3. The molecule has 19 heavy (non-hydrogen) atoms. The highest BCUT2D eigenvalue weighted by atomic mass is 32.2. The lowest BCUT2D eigenvalue weighted by Gasteiger charge is -2.12. The fourth-order valence-corrected chi connectivity index (χ4v) is 3.08. The van der Waals surface area contributed by atoms with Crippen LogP contribution in [0, 0.1) is 10.1 Å². The smallest absolute Gasteiger partial charge is 0.285 e. The lowest BCUT2D eigenvalue weighted by molar-refractivity contribution is -0.387. The molecule has 0 spiro atoms. The normalized spacial score (nSPS) is 14.0. The highest BCUT2D eigenvalue weighted by molar-refractivity contribution is 7.85. The van der Waals surface area contributed by atoms with Gasteiger partial charge in [-0.25, -0.2) is 0 Å². The minimum atomic E-state index is -1.32. The van der Waals surface area contributed by atoms with E-state index in [2.05, 4.69) is 12.2 Å². The predicted molar refractivity (Wildman–Crippen MR) is 76.7 cm³/mol. The van der Waals surface area contributed by atoms with Gasteiger partial charge in [0.15, 0.2) is 0 Å². The second-order valence-corrected chi connectivity index (χ2v) is 5.96. The van der Waals surface area contributed by atoms with Crippen molar-refractivity contribution in [1.29, 1.82) is 0 Å². The van der Waals surface area contributed by atoms with E-state index in [1.165, 1.54) is 6.07 Å². The molecular weight excluding hydrogens is 264 g/mol. The molecule has 0 heterocycles. The third kappa shape index (κ3) is 5.08. The first-order valence-corrected chi connectivity index (χ1v) is 7.73. The van der Waals surface area contributed by atoms with Crippen LogP contribution in [0.5, 0.6) is 0 Å². The molecule has 5 nitrogen and oxygen atoms in total. The molecule has 0 radical (unpaired) electrons. The molecule has 0 saturated carbocycles. The fraction of sp³-hybridized carbons (Fsp3) is 0.538. The molecule has 1 aromatic rings. The Labute approximate surface area is 116 Å². The number of hydrogen-bond acceptors (Lipinski definition) is 4. The van der Waals surface area contributed by atoms with Crippen molar-refractivity contribution in [2.24, 2.45) is 0 Å². The molecule has 0 aliphatic carbocycles. The van der Waals surface area contributed by atoms with Crippen LogP contribution in [0.25, 0.3) is 0 Å². The molecule has 106 valence electrons. The Morgan fingerprint density at radius 3 is 2.74 bits per heavy atom. The van der Waals surface area contributed by atoms with Gasteiger partial charge in [0.1, 0.15) is 4.90 Å². The average Bonchev–Trinajstić information content (AvgIpc) is 2.42. The summed E-state index contributed by atoms with van der Waals surface area (Å²) in [6, 6.07) is 6.50. The Morgan fingerprint density at radius 1 is 1.42 bits per heavy atom. The topological polar surface area (TPSA) is 72.2 Å². The van der Waals surface area contributed by atoms with Crippen molar-refractivity contribution in [3.05, 3.63) is 34.4 Å². The van der Waals surface area contributed by atoms with Gasteiger partial charge in [-0.1, -0.05) is 19.1 Å². The number of rotatable bonds is 8. The molecule has 2 unspecified atom stereocenters. The number of nitro groups is 1. The summed E-state index contributed by atoms with van der Waals surface area (Å²) in [6.45, 7) is 5.05. The van der Waals surface area contributed by atoms with Gasteiger partial charge in [-0.3, -0.25) is 14.3 Å². The lowest BCUT2D eigenvalue weighted by Crippen LogP contribution is -2.28. The van der Waals surface area contributed by atoms with Crippen molar-refractivity contribution in [3.63, 3.8) is 0 Å². The van der Waals surface area contributed by atoms with Gasteiger partial charge in [0.05, 0.1) is 15.7 Å². The molecule has 6 heteroatoms. The summed E-state index contributed by atoms with van der Waals surface area (Å²) in [4.78, 5) is 10.7. The van der Waals surface area contributed by atoms with Gasteiger partial charge in [-0.15, -0.1) is 0 Å². The van der Waals surface area contributed by atoms with Crippen LogP contribution in [0.4, 0.5) is 5.69 Å². The van der Waals surface area contributed by atoms with E-state index >= 15 is 0 Å². The first-order valence-electron chi connectivity index (χ1n) is 6.41. The molecule has 1 aromatic carbocycles. The summed E-state index contributed by atoms with van der Waals surface area (Å²) in [5.74, 6) is 0.433. The number of nitro benzene ring substituents is 1. The van der Waals surface area contributed by atoms with Crippen LogP contribution in [-0.2, 0) is 10.8 Å². The molecule has 0 aliphatic heterocycles. The number of para-hydroxylation sites is 1. The molecular formula is C13H20N2O3S. The quantitative estimate of drug-likeness (QED) is 0.588. The van der Waals surface area contributed by atoms with Crippen LogP contribution in [-0.4, -0.2) is 27.5 Å². The second-order valence-electron chi connectivity index (χ2n) is 4.42.